The summed E-state index contributed by atoms with van der Waals surface area (Å²) in [7, 11) is 2.60. The van der Waals surface area contributed by atoms with Gasteiger partial charge in [0.2, 0.25) is 23.6 Å². The Balaban J connectivity index is 1.40. The molecular weight excluding hydrogens is 753 g/mol. The van der Waals surface area contributed by atoms with Gasteiger partial charge in [-0.05, 0) is 62.1 Å². The maximum Gasteiger partial charge on any atom is 0.416 e. The summed E-state index contributed by atoms with van der Waals surface area (Å²) in [4.78, 5) is 58.4. The topological polar surface area (TPSA) is 113 Å². The number of hydrogen-bond donors (Lipinski definition) is 1. The first-order valence-electron chi connectivity index (χ1n) is 16.4. The summed E-state index contributed by atoms with van der Waals surface area (Å²) in [6.07, 6.45) is -9.46. The number of imide groups is 2. The van der Waals surface area contributed by atoms with Gasteiger partial charge in [0.05, 0.1) is 64.9 Å². The summed E-state index contributed by atoms with van der Waals surface area (Å²) in [5, 5.41) is 11.1. The summed E-state index contributed by atoms with van der Waals surface area (Å²) in [6.45, 7) is 1.48. The number of halogens is 8. The zero-order valence-electron chi connectivity index (χ0n) is 28.3. The number of amides is 4. The van der Waals surface area contributed by atoms with Crippen molar-refractivity contribution in [2.24, 2.45) is 29.1 Å². The Morgan fingerprint density at radius 3 is 2.04 bits per heavy atom. The molecule has 1 saturated carbocycles. The molecule has 0 bridgehead atoms. The number of methoxy groups -OCH3 is 2. The van der Waals surface area contributed by atoms with Crippen LogP contribution < -0.4 is 19.3 Å². The lowest BCUT2D eigenvalue weighted by molar-refractivity contribution is -0.143. The number of carbonyl (C=O) groups excluding carboxylic acids is 4. The lowest BCUT2D eigenvalue weighted by Gasteiger charge is -2.49. The smallest absolute Gasteiger partial charge is 0.416 e. The van der Waals surface area contributed by atoms with E-state index in [1.165, 1.54) is 39.3 Å². The Labute approximate surface area is 306 Å². The molecular formula is C37H28ClF7N2O7. The highest BCUT2D eigenvalue weighted by atomic mass is 35.5. The monoisotopic (exact) mass is 780 g/mol. The van der Waals surface area contributed by atoms with Gasteiger partial charge in [-0.15, -0.1) is 0 Å². The highest BCUT2D eigenvalue weighted by Crippen LogP contribution is 2.66. The molecule has 6 unspecified atom stereocenters. The SMILES string of the molecule is COc1cc(O)c(C2C3=CCC4C(=O)N(c5cc(C(F)(F)F)cc(C(F)(F)F)c5)C(=O)C4C3CC3C(=O)N(c4ccc(F)c(Cl)c4)C(=O)C32C)c(OC)c1. The molecule has 9 nitrogen and oxygen atoms in total. The van der Waals surface area contributed by atoms with Crippen LogP contribution in [0.5, 0.6) is 17.2 Å². The zero-order chi connectivity index (χ0) is 39.4. The summed E-state index contributed by atoms with van der Waals surface area (Å²) < 4.78 is 108. The Morgan fingerprint density at radius 2 is 1.46 bits per heavy atom. The minimum absolute atomic E-state index is 0.0154. The third-order valence-electron chi connectivity index (χ3n) is 11.1. The van der Waals surface area contributed by atoms with Gasteiger partial charge in [-0.2, -0.15) is 26.3 Å². The van der Waals surface area contributed by atoms with Crippen molar-refractivity contribution in [2.45, 2.75) is 38.0 Å². The Bertz CT molecular complexity index is 2160. The van der Waals surface area contributed by atoms with Gasteiger partial charge in [-0.25, -0.2) is 14.2 Å². The summed E-state index contributed by atoms with van der Waals surface area (Å²) in [5.41, 5.74) is -5.86. The van der Waals surface area contributed by atoms with E-state index in [4.69, 9.17) is 21.1 Å². The van der Waals surface area contributed by atoms with Crippen LogP contribution in [0.2, 0.25) is 5.02 Å². The molecule has 0 spiro atoms. The quantitative estimate of drug-likeness (QED) is 0.161. The molecule has 3 aromatic rings. The second kappa shape index (κ2) is 12.5. The fourth-order valence-electron chi connectivity index (χ4n) is 8.68. The van der Waals surface area contributed by atoms with E-state index in [9.17, 15) is 55.0 Å². The molecule has 2 heterocycles. The summed E-state index contributed by atoms with van der Waals surface area (Å²) in [5.74, 6) is -11.0. The van der Waals surface area contributed by atoms with E-state index in [-0.39, 0.29) is 41.7 Å². The Hall–Kier alpha value is -5.12. The number of ether oxygens (including phenoxy) is 2. The van der Waals surface area contributed by atoms with Crippen LogP contribution in [0.3, 0.4) is 0 Å². The molecule has 17 heteroatoms. The number of carbonyl (C=O) groups is 4. The van der Waals surface area contributed by atoms with Gasteiger partial charge in [0.15, 0.2) is 0 Å². The first-order chi connectivity index (χ1) is 25.2. The van der Waals surface area contributed by atoms with E-state index in [1.54, 1.807) is 6.08 Å². The predicted octanol–water partition coefficient (Wildman–Crippen LogP) is 7.67. The fraction of sp³-hybridized carbons (Fsp3) is 0.351. The number of nitrogens with zero attached hydrogens (tertiary/aromatic N) is 2. The number of phenols is 1. The lowest BCUT2D eigenvalue weighted by Crippen LogP contribution is -2.49. The molecule has 0 radical (unpaired) electrons. The third kappa shape index (κ3) is 5.42. The molecule has 4 amide bonds. The number of allylic oxidation sites excluding steroid dienone is 2. The fourth-order valence-corrected chi connectivity index (χ4v) is 8.85. The van der Waals surface area contributed by atoms with Crippen molar-refractivity contribution in [1.82, 2.24) is 0 Å². The number of alkyl halides is 6. The van der Waals surface area contributed by atoms with Crippen molar-refractivity contribution in [3.63, 3.8) is 0 Å². The van der Waals surface area contributed by atoms with E-state index in [2.05, 4.69) is 0 Å². The summed E-state index contributed by atoms with van der Waals surface area (Å²) >= 11 is 6.02. The minimum Gasteiger partial charge on any atom is -0.507 e. The molecule has 4 aliphatic rings. The normalized spacial score (nSPS) is 26.8. The van der Waals surface area contributed by atoms with E-state index in [0.29, 0.717) is 22.6 Å². The highest BCUT2D eigenvalue weighted by molar-refractivity contribution is 6.32. The zero-order valence-corrected chi connectivity index (χ0v) is 29.1. The number of phenolic OH excluding ortho intramolecular Hbond substituents is 1. The lowest BCUT2D eigenvalue weighted by atomic mass is 9.51. The van der Waals surface area contributed by atoms with Crippen molar-refractivity contribution < 1.29 is 64.5 Å². The van der Waals surface area contributed by atoms with Gasteiger partial charge in [-0.3, -0.25) is 19.2 Å². The van der Waals surface area contributed by atoms with Crippen LogP contribution in [-0.4, -0.2) is 43.0 Å². The summed E-state index contributed by atoms with van der Waals surface area (Å²) in [6, 6.07) is 6.33. The minimum atomic E-state index is -5.26. The molecule has 284 valence electrons. The Kier molecular flexibility index (Phi) is 8.59. The second-order valence-electron chi connectivity index (χ2n) is 13.8. The van der Waals surface area contributed by atoms with E-state index in [1.807, 2.05) is 0 Å². The van der Waals surface area contributed by atoms with Gasteiger partial charge in [0.25, 0.3) is 0 Å². The number of fused-ring (bicyclic) bond motifs is 4. The van der Waals surface area contributed by atoms with E-state index in [0.717, 1.165) is 17.0 Å². The van der Waals surface area contributed by atoms with E-state index < -0.39 is 104 Å². The predicted molar refractivity (Wildman–Crippen MR) is 176 cm³/mol. The standard InChI is InChI=1S/C37H28ClF7N2O7/c1-35-23(32(50)47(34(35)52)17-4-7-25(39)24(38)11-17)14-22-20(30(35)29-26(48)12-19(53-2)13-27(29)54-3)5-6-21-28(22)33(51)46(31(21)49)18-9-15(36(40,41)42)8-16(10-18)37(43,44)45/h4-5,7-13,21-23,28,30,48H,6,14H2,1-3H3. The number of benzene rings is 3. The third-order valence-corrected chi connectivity index (χ3v) is 11.4. The highest BCUT2D eigenvalue weighted by Gasteiger charge is 2.68. The largest absolute Gasteiger partial charge is 0.507 e. The molecule has 7 rings (SSSR count). The number of aromatic hydroxyl groups is 1. The van der Waals surface area contributed by atoms with Gasteiger partial charge < -0.3 is 14.6 Å². The van der Waals surface area contributed by atoms with Crippen LogP contribution in [0.1, 0.15) is 42.4 Å². The van der Waals surface area contributed by atoms with Crippen LogP contribution in [0, 0.1) is 34.9 Å². The molecule has 0 aromatic heterocycles. The van der Waals surface area contributed by atoms with Crippen LogP contribution >= 0.6 is 11.6 Å². The van der Waals surface area contributed by atoms with Gasteiger partial charge in [0.1, 0.15) is 23.1 Å². The molecule has 54 heavy (non-hydrogen) atoms. The van der Waals surface area contributed by atoms with Crippen LogP contribution in [0.4, 0.5) is 42.1 Å². The first-order valence-corrected chi connectivity index (χ1v) is 16.8. The molecule has 3 fully saturated rings. The first kappa shape index (κ1) is 37.2. The van der Waals surface area contributed by atoms with Crippen molar-refractivity contribution in [1.29, 1.82) is 0 Å². The molecule has 2 saturated heterocycles. The van der Waals surface area contributed by atoms with Gasteiger partial charge >= 0.3 is 12.4 Å². The van der Waals surface area contributed by atoms with Crippen LogP contribution in [0.15, 0.2) is 60.2 Å². The molecule has 3 aromatic carbocycles. The van der Waals surface area contributed by atoms with Crippen molar-refractivity contribution in [2.75, 3.05) is 24.0 Å². The van der Waals surface area contributed by atoms with Gasteiger partial charge in [-0.1, -0.05) is 23.3 Å². The number of anilines is 2. The molecule has 2 aliphatic carbocycles. The average molecular weight is 781 g/mol. The molecule has 1 N–H and O–H groups in total. The molecule has 2 aliphatic heterocycles. The Morgan fingerprint density at radius 1 is 0.815 bits per heavy atom. The van der Waals surface area contributed by atoms with Gasteiger partial charge in [0, 0.05) is 23.6 Å². The van der Waals surface area contributed by atoms with Crippen LogP contribution in [-0.2, 0) is 31.5 Å². The maximum absolute atomic E-state index is 14.6. The molecule has 6 atom stereocenters. The number of hydrogen-bond acceptors (Lipinski definition) is 7. The number of rotatable bonds is 5. The van der Waals surface area contributed by atoms with Crippen LogP contribution in [0.25, 0.3) is 0 Å². The maximum atomic E-state index is 14.6. The second-order valence-corrected chi connectivity index (χ2v) is 14.2. The van der Waals surface area contributed by atoms with Crippen molar-refractivity contribution >= 4 is 46.6 Å². The van der Waals surface area contributed by atoms with Crippen molar-refractivity contribution in [3.05, 3.63) is 87.7 Å². The van der Waals surface area contributed by atoms with E-state index >= 15 is 0 Å². The van der Waals surface area contributed by atoms with Crippen molar-refractivity contribution in [3.8, 4) is 17.2 Å². The average Bonchev–Trinajstić information content (AvgIpc) is 3.47.